The van der Waals surface area contributed by atoms with Crippen LogP contribution in [0.4, 0.5) is 30.7 Å². The topological polar surface area (TPSA) is 153 Å². The SMILES string of the molecule is CC(C)(C)c1cc(Cl)cnc1Cl.CC(C)(C)c1ccc(C(F)(F)F)cn1.CC(C)(C)c1ccc(C(F)(F)F)nc1.CC(C)(C)c1ccc(Cl)nc1.CC(C)(C)c1ccc(F)cn1.COc1ccc(C(C)(C)C)c(OC)n1.COc1ccc(C(C)(C)C)cn1.COc1ncccc1C(C)(C)C.Cc1ccnc(C(C)(C)C)c1. The summed E-state index contributed by atoms with van der Waals surface area (Å²) in [6.07, 6.45) is 3.61. The van der Waals surface area contributed by atoms with Gasteiger partial charge in [-0.1, -0.05) is 246 Å². The lowest BCUT2D eigenvalue weighted by molar-refractivity contribution is -0.141. The minimum absolute atomic E-state index is 0.00498. The molecule has 0 atom stereocenters. The maximum atomic E-state index is 12.4. The van der Waals surface area contributed by atoms with Crippen molar-refractivity contribution < 1.29 is 49.7 Å². The van der Waals surface area contributed by atoms with Crippen molar-refractivity contribution >= 4 is 34.8 Å². The van der Waals surface area contributed by atoms with Crippen LogP contribution in [0.1, 0.15) is 254 Å². The molecule has 0 saturated heterocycles. The van der Waals surface area contributed by atoms with Gasteiger partial charge in [0.2, 0.25) is 23.5 Å². The number of alkyl halides is 6. The fourth-order valence-corrected chi connectivity index (χ4v) is 9.53. The molecule has 0 unspecified atom stereocenters. The molecule has 0 bridgehead atoms. The fourth-order valence-electron chi connectivity index (χ4n) is 8.88. The maximum absolute atomic E-state index is 12.4. The molecule has 9 heterocycles. The number of aryl methyl sites for hydroxylation is 1. The van der Waals surface area contributed by atoms with Crippen molar-refractivity contribution in [2.75, 3.05) is 28.4 Å². The van der Waals surface area contributed by atoms with Gasteiger partial charge >= 0.3 is 12.4 Å². The molecule has 13 nitrogen and oxygen atoms in total. The molecule has 111 heavy (non-hydrogen) atoms. The highest BCUT2D eigenvalue weighted by Gasteiger charge is 2.33. The van der Waals surface area contributed by atoms with E-state index in [1.807, 2.05) is 142 Å². The molecule has 0 radical (unpaired) electrons. The zero-order chi connectivity index (χ0) is 85.9. The van der Waals surface area contributed by atoms with Crippen molar-refractivity contribution in [3.8, 4) is 23.5 Å². The van der Waals surface area contributed by atoms with Gasteiger partial charge in [-0.15, -0.1) is 0 Å². The van der Waals surface area contributed by atoms with Crippen LogP contribution in [-0.4, -0.2) is 73.3 Å². The van der Waals surface area contributed by atoms with Gasteiger partial charge in [-0.05, 0) is 134 Å². The summed E-state index contributed by atoms with van der Waals surface area (Å²) in [5.41, 5.74) is 9.17. The quantitative estimate of drug-likeness (QED) is 0.121. The number of ether oxygens (including phenoxy) is 4. The molecule has 0 saturated carbocycles. The third-order valence-electron chi connectivity index (χ3n) is 15.8. The fraction of sp³-hybridized carbons (Fsp3) is 0.489. The molecule has 9 aromatic rings. The first-order chi connectivity index (χ1) is 50.4. The normalized spacial score (nSPS) is 11.9. The van der Waals surface area contributed by atoms with Crippen molar-refractivity contribution in [3.05, 3.63) is 241 Å². The van der Waals surface area contributed by atoms with Crippen LogP contribution < -0.4 is 18.9 Å². The monoisotopic (exact) mass is 1610 g/mol. The summed E-state index contributed by atoms with van der Waals surface area (Å²) in [5, 5.41) is 1.72. The van der Waals surface area contributed by atoms with Crippen LogP contribution >= 0.6 is 34.8 Å². The van der Waals surface area contributed by atoms with Gasteiger partial charge in [0.25, 0.3) is 0 Å². The van der Waals surface area contributed by atoms with Crippen molar-refractivity contribution in [1.82, 2.24) is 44.9 Å². The second-order valence-electron chi connectivity index (χ2n) is 35.1. The van der Waals surface area contributed by atoms with Crippen LogP contribution in [0.25, 0.3) is 0 Å². The third kappa shape index (κ3) is 38.3. The van der Waals surface area contributed by atoms with Gasteiger partial charge in [-0.25, -0.2) is 24.3 Å². The van der Waals surface area contributed by atoms with E-state index < -0.39 is 23.6 Å². The minimum atomic E-state index is -4.35. The predicted molar refractivity (Wildman–Crippen MR) is 442 cm³/mol. The molecule has 0 N–H and O–H groups in total. The average Bonchev–Trinajstić information content (AvgIpc) is 0.843. The van der Waals surface area contributed by atoms with Crippen LogP contribution in [0.15, 0.2) is 153 Å². The minimum Gasteiger partial charge on any atom is -0.481 e. The lowest BCUT2D eigenvalue weighted by Gasteiger charge is -2.21. The first-order valence-corrected chi connectivity index (χ1v) is 37.2. The number of pyridine rings is 9. The maximum Gasteiger partial charge on any atom is 0.433 e. The molecule has 612 valence electrons. The standard InChI is InChI=1S/C11H17NO2.2C10H12F3N.2C10H15NO.C10H15N.C9H11Cl2N.C9H12ClN.C9H12FN/c1-11(2,3)8-6-7-9(13-4)12-10(8)14-5;1-9(2,3)8-5-4-7(6-14-8)10(11,12)13;1-9(2,3)7-4-5-8(14-6-7)10(11,12)13;1-10(2,3)8-5-6-9(12-4)11-7-8;1-10(2,3)8-6-5-7-11-9(8)12-4;1-8-5-6-11-9(7-8)10(2,3)4;1-9(2,3)7-4-6(10)5-12-8(7)11;1-9(2,3)7-4-5-8(10)11-6-7;1-9(2,3)8-5-4-7(10)6-11-8/h6-7H,1-5H3;2*4-6H,1-3H3;2*5-7H,1-4H3;5-7H,1-4H3;4-5H,1-3H3;2*4-6H,1-3H3. The van der Waals surface area contributed by atoms with Gasteiger partial charge in [0, 0.05) is 100.0 Å². The zero-order valence-corrected chi connectivity index (χ0v) is 73.6. The Labute approximate surface area is 673 Å². The summed E-state index contributed by atoms with van der Waals surface area (Å²) in [6.45, 7) is 58.2. The molecular formula is C88H121Cl3F7N9O4. The van der Waals surface area contributed by atoms with Crippen molar-refractivity contribution in [2.45, 2.75) is 255 Å². The van der Waals surface area contributed by atoms with Crippen molar-refractivity contribution in [2.24, 2.45) is 0 Å². The number of methoxy groups -OCH3 is 4. The van der Waals surface area contributed by atoms with E-state index in [-0.39, 0.29) is 54.6 Å². The summed E-state index contributed by atoms with van der Waals surface area (Å²) in [4.78, 5) is 36.0. The number of nitrogens with zero attached hydrogens (tertiary/aromatic N) is 9. The number of halogens is 10. The molecule has 0 aromatic carbocycles. The van der Waals surface area contributed by atoms with E-state index >= 15 is 0 Å². The summed E-state index contributed by atoms with van der Waals surface area (Å²) in [7, 11) is 6.49. The van der Waals surface area contributed by atoms with E-state index in [4.69, 9.17) is 53.8 Å². The van der Waals surface area contributed by atoms with Gasteiger partial charge < -0.3 is 18.9 Å². The molecule has 23 heteroatoms. The Hall–Kier alpha value is -8.07. The van der Waals surface area contributed by atoms with Crippen LogP contribution in [0, 0.1) is 12.7 Å². The van der Waals surface area contributed by atoms with Crippen LogP contribution in [0.2, 0.25) is 15.3 Å². The van der Waals surface area contributed by atoms with E-state index in [0.29, 0.717) is 38.7 Å². The lowest BCUT2D eigenvalue weighted by atomic mass is 9.88. The van der Waals surface area contributed by atoms with Crippen LogP contribution in [0.5, 0.6) is 23.5 Å². The highest BCUT2D eigenvalue weighted by molar-refractivity contribution is 6.32. The first kappa shape index (κ1) is 101. The molecule has 9 rings (SSSR count). The van der Waals surface area contributed by atoms with E-state index in [1.165, 1.54) is 47.3 Å². The Morgan fingerprint density at radius 2 is 0.721 bits per heavy atom. The van der Waals surface area contributed by atoms with Crippen LogP contribution in [0.3, 0.4) is 0 Å². The third-order valence-corrected chi connectivity index (χ3v) is 16.5. The van der Waals surface area contributed by atoms with Gasteiger partial charge in [0.05, 0.1) is 45.2 Å². The number of hydrogen-bond donors (Lipinski definition) is 0. The Bertz CT molecular complexity index is 3990. The molecule has 0 aliphatic rings. The molecule has 0 aliphatic heterocycles. The van der Waals surface area contributed by atoms with E-state index in [2.05, 4.69) is 182 Å². The van der Waals surface area contributed by atoms with E-state index in [1.54, 1.807) is 46.9 Å². The number of rotatable bonds is 4. The van der Waals surface area contributed by atoms with Crippen LogP contribution in [-0.2, 0) is 61.1 Å². The predicted octanol–water partition coefficient (Wildman–Crippen LogP) is 25.9. The Morgan fingerprint density at radius 1 is 0.306 bits per heavy atom. The summed E-state index contributed by atoms with van der Waals surface area (Å²) in [5.74, 6) is 2.33. The average molecular weight is 1610 g/mol. The zero-order valence-electron chi connectivity index (χ0n) is 71.4. The second kappa shape index (κ2) is 42.7. The van der Waals surface area contributed by atoms with E-state index in [9.17, 15) is 30.7 Å². The first-order valence-electron chi connectivity index (χ1n) is 36.1. The van der Waals surface area contributed by atoms with Gasteiger partial charge in [-0.2, -0.15) is 31.3 Å². The Morgan fingerprint density at radius 3 is 1.05 bits per heavy atom. The molecular weight excluding hydrogens is 1490 g/mol. The highest BCUT2D eigenvalue weighted by atomic mass is 35.5. The van der Waals surface area contributed by atoms with Gasteiger partial charge in [0.15, 0.2) is 0 Å². The Balaban J connectivity index is 0.000000625. The van der Waals surface area contributed by atoms with E-state index in [0.717, 1.165) is 57.9 Å². The number of aromatic nitrogens is 9. The molecule has 9 aromatic heterocycles. The van der Waals surface area contributed by atoms with Gasteiger partial charge in [0.1, 0.15) is 21.8 Å². The van der Waals surface area contributed by atoms with Crippen molar-refractivity contribution in [1.29, 1.82) is 0 Å². The number of hydrogen-bond acceptors (Lipinski definition) is 13. The summed E-state index contributed by atoms with van der Waals surface area (Å²) < 4.78 is 106. The largest absolute Gasteiger partial charge is 0.481 e. The Kier molecular flexibility index (Phi) is 38.8. The van der Waals surface area contributed by atoms with Crippen molar-refractivity contribution in [3.63, 3.8) is 0 Å². The molecule has 0 spiro atoms. The molecule has 0 fully saturated rings. The summed E-state index contributed by atoms with van der Waals surface area (Å²) in [6, 6.07) is 29.7. The highest BCUT2D eigenvalue weighted by Crippen LogP contribution is 2.35. The smallest absolute Gasteiger partial charge is 0.433 e. The van der Waals surface area contributed by atoms with Gasteiger partial charge in [-0.3, -0.25) is 19.9 Å². The summed E-state index contributed by atoms with van der Waals surface area (Å²) >= 11 is 17.4. The second-order valence-corrected chi connectivity index (χ2v) is 36.3. The lowest BCUT2D eigenvalue weighted by Crippen LogP contribution is -2.14. The molecule has 0 amide bonds. The molecule has 0 aliphatic carbocycles.